The van der Waals surface area contributed by atoms with Crippen molar-refractivity contribution in [3.05, 3.63) is 35.9 Å². The Morgan fingerprint density at radius 2 is 1.88 bits per heavy atom. The highest BCUT2D eigenvalue weighted by Gasteiger charge is 2.03. The molecule has 0 N–H and O–H groups in total. The molecule has 0 atom stereocenters. The summed E-state index contributed by atoms with van der Waals surface area (Å²) in [6.07, 6.45) is 2.74. The summed E-state index contributed by atoms with van der Waals surface area (Å²) >= 11 is 0. The van der Waals surface area contributed by atoms with Gasteiger partial charge in [0, 0.05) is 14.1 Å². The quantitative estimate of drug-likeness (QED) is 0.715. The fourth-order valence-electron chi connectivity index (χ4n) is 1.36. The summed E-state index contributed by atoms with van der Waals surface area (Å²) in [5, 5.41) is 0. The van der Waals surface area contributed by atoms with Gasteiger partial charge < -0.3 is 9.64 Å². The first-order chi connectivity index (χ1) is 7.70. The Balaban J connectivity index is 2.07. The normalized spacial score (nSPS) is 9.88. The highest BCUT2D eigenvalue weighted by Crippen LogP contribution is 2.04. The number of rotatable bonds is 5. The van der Waals surface area contributed by atoms with Crippen LogP contribution in [0.25, 0.3) is 0 Å². The van der Waals surface area contributed by atoms with Crippen LogP contribution in [0.2, 0.25) is 0 Å². The van der Waals surface area contributed by atoms with E-state index in [0.717, 1.165) is 19.3 Å². The van der Waals surface area contributed by atoms with Gasteiger partial charge in [-0.1, -0.05) is 30.3 Å². The van der Waals surface area contributed by atoms with Crippen LogP contribution in [0.1, 0.15) is 18.4 Å². The van der Waals surface area contributed by atoms with Gasteiger partial charge >= 0.3 is 6.09 Å². The number of unbranched alkanes of at least 4 members (excludes halogenated alkanes) is 1. The second-order valence-electron chi connectivity index (χ2n) is 3.95. The maximum absolute atomic E-state index is 11.1. The standard InChI is InChI=1S/C13H19NO2/c1-14(2)13(15)16-11-7-6-10-12-8-4-3-5-9-12/h3-5,8-9H,6-7,10-11H2,1-2H3. The van der Waals surface area contributed by atoms with Crippen LogP contribution in [-0.4, -0.2) is 31.7 Å². The highest BCUT2D eigenvalue weighted by molar-refractivity contribution is 5.66. The molecule has 0 heterocycles. The van der Waals surface area contributed by atoms with E-state index in [1.807, 2.05) is 18.2 Å². The van der Waals surface area contributed by atoms with E-state index in [2.05, 4.69) is 12.1 Å². The molecule has 1 aromatic carbocycles. The third-order valence-corrected chi connectivity index (χ3v) is 2.29. The van der Waals surface area contributed by atoms with Crippen LogP contribution in [0, 0.1) is 0 Å². The summed E-state index contributed by atoms with van der Waals surface area (Å²) in [6, 6.07) is 10.3. The maximum Gasteiger partial charge on any atom is 0.409 e. The van der Waals surface area contributed by atoms with Crippen molar-refractivity contribution in [3.8, 4) is 0 Å². The molecule has 0 unspecified atom stereocenters. The first-order valence-electron chi connectivity index (χ1n) is 5.58. The molecule has 0 aliphatic rings. The zero-order valence-corrected chi connectivity index (χ0v) is 9.98. The third kappa shape index (κ3) is 4.82. The van der Waals surface area contributed by atoms with Crippen LogP contribution >= 0.6 is 0 Å². The maximum atomic E-state index is 11.1. The van der Waals surface area contributed by atoms with Crippen molar-refractivity contribution < 1.29 is 9.53 Å². The SMILES string of the molecule is CN(C)C(=O)OCCCCc1ccccc1. The van der Waals surface area contributed by atoms with E-state index < -0.39 is 0 Å². The molecule has 1 aromatic rings. The number of ether oxygens (including phenoxy) is 1. The number of carbonyl (C=O) groups is 1. The fourth-order valence-corrected chi connectivity index (χ4v) is 1.36. The van der Waals surface area contributed by atoms with E-state index in [4.69, 9.17) is 4.74 Å². The summed E-state index contributed by atoms with van der Waals surface area (Å²) in [4.78, 5) is 12.5. The van der Waals surface area contributed by atoms with E-state index in [-0.39, 0.29) is 6.09 Å². The van der Waals surface area contributed by atoms with Crippen molar-refractivity contribution >= 4 is 6.09 Å². The van der Waals surface area contributed by atoms with Gasteiger partial charge in [0.25, 0.3) is 0 Å². The molecule has 0 spiro atoms. The van der Waals surface area contributed by atoms with Gasteiger partial charge in [0.15, 0.2) is 0 Å². The molecule has 0 saturated carbocycles. The zero-order chi connectivity index (χ0) is 11.8. The number of nitrogens with zero attached hydrogens (tertiary/aromatic N) is 1. The number of amides is 1. The molecule has 3 nitrogen and oxygen atoms in total. The van der Waals surface area contributed by atoms with Crippen LogP contribution in [0.3, 0.4) is 0 Å². The van der Waals surface area contributed by atoms with E-state index >= 15 is 0 Å². The molecule has 0 aliphatic heterocycles. The van der Waals surface area contributed by atoms with Crippen molar-refractivity contribution in [2.45, 2.75) is 19.3 Å². The van der Waals surface area contributed by atoms with Crippen LogP contribution in [-0.2, 0) is 11.2 Å². The number of aryl methyl sites for hydroxylation is 1. The molecule has 0 aromatic heterocycles. The minimum absolute atomic E-state index is 0.264. The Morgan fingerprint density at radius 3 is 2.50 bits per heavy atom. The number of hydrogen-bond acceptors (Lipinski definition) is 2. The van der Waals surface area contributed by atoms with Crippen LogP contribution in [0.4, 0.5) is 4.79 Å². The third-order valence-electron chi connectivity index (χ3n) is 2.29. The number of benzene rings is 1. The van der Waals surface area contributed by atoms with E-state index in [1.54, 1.807) is 14.1 Å². The van der Waals surface area contributed by atoms with Gasteiger partial charge in [-0.05, 0) is 24.8 Å². The molecule has 0 bridgehead atoms. The molecule has 1 rings (SSSR count). The van der Waals surface area contributed by atoms with Crippen LogP contribution in [0.15, 0.2) is 30.3 Å². The largest absolute Gasteiger partial charge is 0.449 e. The molecule has 0 radical (unpaired) electrons. The van der Waals surface area contributed by atoms with Gasteiger partial charge in [-0.3, -0.25) is 0 Å². The Labute approximate surface area is 97.0 Å². The molecule has 88 valence electrons. The molecule has 0 saturated heterocycles. The Kier molecular flexibility index (Phi) is 5.40. The van der Waals surface area contributed by atoms with Gasteiger partial charge in [-0.25, -0.2) is 4.79 Å². The lowest BCUT2D eigenvalue weighted by atomic mass is 10.1. The summed E-state index contributed by atoms with van der Waals surface area (Å²) in [6.45, 7) is 0.504. The van der Waals surface area contributed by atoms with Crippen LogP contribution in [0.5, 0.6) is 0 Å². The molecule has 1 amide bonds. The fraction of sp³-hybridized carbons (Fsp3) is 0.462. The average Bonchev–Trinajstić information content (AvgIpc) is 2.29. The Hall–Kier alpha value is -1.51. The predicted octanol–water partition coefficient (Wildman–Crippen LogP) is 2.71. The average molecular weight is 221 g/mol. The molecular weight excluding hydrogens is 202 g/mol. The highest BCUT2D eigenvalue weighted by atomic mass is 16.6. The lowest BCUT2D eigenvalue weighted by Gasteiger charge is -2.10. The van der Waals surface area contributed by atoms with Crippen molar-refractivity contribution in [2.24, 2.45) is 0 Å². The second-order valence-corrected chi connectivity index (χ2v) is 3.95. The smallest absolute Gasteiger partial charge is 0.409 e. The first kappa shape index (κ1) is 12.6. The number of carbonyl (C=O) groups excluding carboxylic acids is 1. The van der Waals surface area contributed by atoms with E-state index in [0.29, 0.717) is 6.61 Å². The monoisotopic (exact) mass is 221 g/mol. The second kappa shape index (κ2) is 6.88. The topological polar surface area (TPSA) is 29.5 Å². The van der Waals surface area contributed by atoms with Gasteiger partial charge in [0.1, 0.15) is 0 Å². The molecule has 3 heteroatoms. The summed E-state index contributed by atoms with van der Waals surface area (Å²) in [5.74, 6) is 0. The van der Waals surface area contributed by atoms with Crippen LogP contribution < -0.4 is 0 Å². The van der Waals surface area contributed by atoms with Gasteiger partial charge in [-0.2, -0.15) is 0 Å². The van der Waals surface area contributed by atoms with Crippen molar-refractivity contribution in [1.82, 2.24) is 4.90 Å². The molecule has 16 heavy (non-hydrogen) atoms. The summed E-state index contributed by atoms with van der Waals surface area (Å²) in [7, 11) is 3.37. The zero-order valence-electron chi connectivity index (χ0n) is 9.98. The molecule has 0 aliphatic carbocycles. The Morgan fingerprint density at radius 1 is 1.19 bits per heavy atom. The van der Waals surface area contributed by atoms with Crippen molar-refractivity contribution in [2.75, 3.05) is 20.7 Å². The minimum Gasteiger partial charge on any atom is -0.449 e. The van der Waals surface area contributed by atoms with Crippen molar-refractivity contribution in [1.29, 1.82) is 0 Å². The van der Waals surface area contributed by atoms with Gasteiger partial charge in [0.05, 0.1) is 6.61 Å². The van der Waals surface area contributed by atoms with Gasteiger partial charge in [-0.15, -0.1) is 0 Å². The summed E-state index contributed by atoms with van der Waals surface area (Å²) in [5.41, 5.74) is 1.33. The van der Waals surface area contributed by atoms with Gasteiger partial charge in [0.2, 0.25) is 0 Å². The number of hydrogen-bond donors (Lipinski definition) is 0. The molecular formula is C13H19NO2. The lowest BCUT2D eigenvalue weighted by molar-refractivity contribution is 0.116. The molecule has 0 fully saturated rings. The first-order valence-corrected chi connectivity index (χ1v) is 5.58. The van der Waals surface area contributed by atoms with Crippen molar-refractivity contribution in [3.63, 3.8) is 0 Å². The van der Waals surface area contributed by atoms with E-state index in [1.165, 1.54) is 10.5 Å². The van der Waals surface area contributed by atoms with E-state index in [9.17, 15) is 4.79 Å². The summed E-state index contributed by atoms with van der Waals surface area (Å²) < 4.78 is 5.03. The Bertz CT molecular complexity index is 309. The predicted molar refractivity (Wildman–Crippen MR) is 64.4 cm³/mol. The minimum atomic E-state index is -0.264. The lowest BCUT2D eigenvalue weighted by Crippen LogP contribution is -2.23.